The summed E-state index contributed by atoms with van der Waals surface area (Å²) in [5.41, 5.74) is 2.28. The zero-order valence-electron chi connectivity index (χ0n) is 22.9. The minimum Gasteiger partial charge on any atom is -0.462 e. The summed E-state index contributed by atoms with van der Waals surface area (Å²) in [5, 5.41) is 4.81. The molecule has 0 bridgehead atoms. The summed E-state index contributed by atoms with van der Waals surface area (Å²) in [6.07, 6.45) is 1.67. The van der Waals surface area contributed by atoms with Gasteiger partial charge in [-0.25, -0.2) is 18.6 Å². The molecule has 0 aliphatic carbocycles. The molecule has 2 aliphatic rings. The van der Waals surface area contributed by atoms with E-state index < -0.39 is 18.1 Å². The van der Waals surface area contributed by atoms with Crippen molar-refractivity contribution < 1.29 is 18.3 Å². The lowest BCUT2D eigenvalue weighted by Gasteiger charge is -2.36. The van der Waals surface area contributed by atoms with Crippen molar-refractivity contribution in [3.05, 3.63) is 59.0 Å². The molecular weight excluding hydrogens is 538 g/mol. The number of halogens is 3. The second kappa shape index (κ2) is 12.5. The van der Waals surface area contributed by atoms with Gasteiger partial charge in [-0.3, -0.25) is 4.68 Å². The van der Waals surface area contributed by atoms with E-state index >= 15 is 0 Å². The number of hydrogen-bond donors (Lipinski definition) is 0. The fourth-order valence-corrected chi connectivity index (χ4v) is 5.82. The number of carbonyl (C=O) groups excluding carboxylic acids is 1. The van der Waals surface area contributed by atoms with Crippen molar-refractivity contribution in [2.24, 2.45) is 0 Å². The molecule has 40 heavy (non-hydrogen) atoms. The number of alkyl halides is 2. The number of piperazine rings is 1. The van der Waals surface area contributed by atoms with E-state index in [0.29, 0.717) is 18.0 Å². The van der Waals surface area contributed by atoms with Gasteiger partial charge in [0.15, 0.2) is 0 Å². The maximum atomic E-state index is 14.1. The fourth-order valence-electron chi connectivity index (χ4n) is 5.66. The van der Waals surface area contributed by atoms with Crippen molar-refractivity contribution >= 4 is 29.1 Å². The van der Waals surface area contributed by atoms with Crippen LogP contribution < -0.4 is 9.80 Å². The summed E-state index contributed by atoms with van der Waals surface area (Å²) in [6.45, 7) is 10.1. The second-order valence-corrected chi connectivity index (χ2v) is 10.6. The molecule has 0 saturated carbocycles. The highest BCUT2D eigenvalue weighted by Gasteiger charge is 2.32. The van der Waals surface area contributed by atoms with E-state index in [1.165, 1.54) is 10.9 Å². The zero-order valence-corrected chi connectivity index (χ0v) is 23.7. The van der Waals surface area contributed by atoms with Gasteiger partial charge < -0.3 is 19.4 Å². The van der Waals surface area contributed by atoms with E-state index in [9.17, 15) is 13.6 Å². The number of likely N-dealkylation sites (N-methyl/N-ethyl adjacent to an activating group) is 1. The molecule has 214 valence electrons. The number of esters is 1. The molecule has 2 fully saturated rings. The molecular formula is C29H35ClF2N6O2. The van der Waals surface area contributed by atoms with Crippen LogP contribution in [0.2, 0.25) is 5.02 Å². The van der Waals surface area contributed by atoms with Crippen molar-refractivity contribution in [1.82, 2.24) is 19.7 Å². The summed E-state index contributed by atoms with van der Waals surface area (Å²) < 4.78 is 34.5. The number of rotatable bonds is 8. The lowest BCUT2D eigenvalue weighted by Crippen LogP contribution is -2.46. The molecule has 1 unspecified atom stereocenters. The second-order valence-electron chi connectivity index (χ2n) is 10.1. The SMILES string of the molecule is CCOC(=O)c1cnn(C2CCCN(c3cc(Cl)ccc3-c3ccc(N4CCN(CC)CC4)nc3)C2)c1C(F)F. The first kappa shape index (κ1) is 28.3. The van der Waals surface area contributed by atoms with E-state index in [1.807, 2.05) is 24.4 Å². The Kier molecular flexibility index (Phi) is 8.85. The van der Waals surface area contributed by atoms with Gasteiger partial charge in [0.05, 0.1) is 18.8 Å². The van der Waals surface area contributed by atoms with Gasteiger partial charge in [0, 0.05) is 67.3 Å². The number of anilines is 2. The van der Waals surface area contributed by atoms with Crippen LogP contribution in [-0.4, -0.2) is 78.1 Å². The predicted molar refractivity (Wildman–Crippen MR) is 153 cm³/mol. The molecule has 2 saturated heterocycles. The highest BCUT2D eigenvalue weighted by Crippen LogP contribution is 2.38. The molecule has 1 aromatic carbocycles. The van der Waals surface area contributed by atoms with Crippen LogP contribution in [0.5, 0.6) is 0 Å². The van der Waals surface area contributed by atoms with Crippen LogP contribution in [0.15, 0.2) is 42.7 Å². The molecule has 0 spiro atoms. The van der Waals surface area contributed by atoms with Crippen molar-refractivity contribution in [1.29, 1.82) is 0 Å². The number of piperidine rings is 1. The normalized spacial score (nSPS) is 18.4. The number of ether oxygens (including phenoxy) is 1. The molecule has 1 atom stereocenters. The number of aromatic nitrogens is 3. The number of hydrogen-bond acceptors (Lipinski definition) is 7. The number of benzene rings is 1. The van der Waals surface area contributed by atoms with E-state index in [2.05, 4.69) is 38.9 Å². The highest BCUT2D eigenvalue weighted by molar-refractivity contribution is 6.31. The van der Waals surface area contributed by atoms with Crippen molar-refractivity contribution in [2.75, 3.05) is 62.2 Å². The highest BCUT2D eigenvalue weighted by atomic mass is 35.5. The van der Waals surface area contributed by atoms with Gasteiger partial charge in [-0.2, -0.15) is 5.10 Å². The van der Waals surface area contributed by atoms with Crippen molar-refractivity contribution in [3.63, 3.8) is 0 Å². The van der Waals surface area contributed by atoms with Gasteiger partial charge in [-0.1, -0.05) is 24.6 Å². The fraction of sp³-hybridized carbons (Fsp3) is 0.483. The van der Waals surface area contributed by atoms with Gasteiger partial charge in [0.1, 0.15) is 17.1 Å². The zero-order chi connectivity index (χ0) is 28.2. The lowest BCUT2D eigenvalue weighted by atomic mass is 10.00. The Morgan fingerprint density at radius 3 is 2.55 bits per heavy atom. The third kappa shape index (κ3) is 5.93. The first-order valence-electron chi connectivity index (χ1n) is 13.9. The first-order chi connectivity index (χ1) is 19.4. The predicted octanol–water partition coefficient (Wildman–Crippen LogP) is 5.70. The molecule has 2 aromatic heterocycles. The number of nitrogens with zero attached hydrogens (tertiary/aromatic N) is 6. The quantitative estimate of drug-likeness (QED) is 0.321. The average Bonchev–Trinajstić information content (AvgIpc) is 3.44. The first-order valence-corrected chi connectivity index (χ1v) is 14.3. The molecule has 3 aromatic rings. The van der Waals surface area contributed by atoms with Gasteiger partial charge in [0.2, 0.25) is 0 Å². The Hall–Kier alpha value is -3.24. The summed E-state index contributed by atoms with van der Waals surface area (Å²) in [5.74, 6) is 0.181. The summed E-state index contributed by atoms with van der Waals surface area (Å²) in [6, 6.07) is 9.55. The van der Waals surface area contributed by atoms with Crippen LogP contribution in [0.25, 0.3) is 11.1 Å². The smallest absolute Gasteiger partial charge is 0.341 e. The van der Waals surface area contributed by atoms with Crippen molar-refractivity contribution in [3.8, 4) is 11.1 Å². The number of pyridine rings is 1. The summed E-state index contributed by atoms with van der Waals surface area (Å²) in [4.78, 5) is 24.0. The third-order valence-corrected chi connectivity index (χ3v) is 8.02. The molecule has 2 aliphatic heterocycles. The Morgan fingerprint density at radius 2 is 1.88 bits per heavy atom. The standard InChI is InChI=1S/C29H35ClF2N6O2/c1-3-35-12-14-36(15-13-35)26-10-7-20(17-33-26)23-9-8-21(30)16-25(23)37-11-5-6-22(19-37)38-27(28(31)32)24(18-34-38)29(39)40-4-2/h7-10,16-18,22,28H,3-6,11-15,19H2,1-2H3. The topological polar surface area (TPSA) is 66.7 Å². The maximum Gasteiger partial charge on any atom is 0.341 e. The Bertz CT molecular complexity index is 1310. The largest absolute Gasteiger partial charge is 0.462 e. The van der Waals surface area contributed by atoms with Gasteiger partial charge >= 0.3 is 5.97 Å². The molecule has 0 amide bonds. The number of carbonyl (C=O) groups is 1. The average molecular weight is 573 g/mol. The third-order valence-electron chi connectivity index (χ3n) is 7.78. The molecule has 0 radical (unpaired) electrons. The molecule has 5 rings (SSSR count). The lowest BCUT2D eigenvalue weighted by molar-refractivity contribution is 0.0512. The Balaban J connectivity index is 1.39. The minimum absolute atomic E-state index is 0.104. The summed E-state index contributed by atoms with van der Waals surface area (Å²) in [7, 11) is 0. The molecule has 0 N–H and O–H groups in total. The van der Waals surface area contributed by atoms with Crippen LogP contribution in [0.1, 0.15) is 55.2 Å². The van der Waals surface area contributed by atoms with Crippen molar-refractivity contribution in [2.45, 2.75) is 39.2 Å². The van der Waals surface area contributed by atoms with Gasteiger partial charge in [-0.15, -0.1) is 0 Å². The maximum absolute atomic E-state index is 14.1. The van der Waals surface area contributed by atoms with Crippen LogP contribution >= 0.6 is 11.6 Å². The van der Waals surface area contributed by atoms with Crippen LogP contribution in [0.4, 0.5) is 20.3 Å². The van der Waals surface area contributed by atoms with Crippen LogP contribution in [-0.2, 0) is 4.74 Å². The van der Waals surface area contributed by atoms with Crippen LogP contribution in [0.3, 0.4) is 0 Å². The van der Waals surface area contributed by atoms with E-state index in [4.69, 9.17) is 21.3 Å². The Morgan fingerprint density at radius 1 is 1.07 bits per heavy atom. The van der Waals surface area contributed by atoms with E-state index in [-0.39, 0.29) is 18.2 Å². The Labute approximate surface area is 238 Å². The monoisotopic (exact) mass is 572 g/mol. The van der Waals surface area contributed by atoms with Gasteiger partial charge in [0.25, 0.3) is 6.43 Å². The van der Waals surface area contributed by atoms with Crippen LogP contribution in [0, 0.1) is 0 Å². The van der Waals surface area contributed by atoms with E-state index in [1.54, 1.807) is 6.92 Å². The summed E-state index contributed by atoms with van der Waals surface area (Å²) >= 11 is 6.44. The molecule has 8 nitrogen and oxygen atoms in total. The molecule has 4 heterocycles. The van der Waals surface area contributed by atoms with Gasteiger partial charge in [-0.05, 0) is 50.6 Å². The molecule has 11 heteroatoms. The minimum atomic E-state index is -2.85. The van der Waals surface area contributed by atoms with E-state index in [0.717, 1.165) is 68.3 Å².